The van der Waals surface area contributed by atoms with E-state index >= 15 is 0 Å². The van der Waals surface area contributed by atoms with Gasteiger partial charge in [0, 0.05) is 18.8 Å². The van der Waals surface area contributed by atoms with Gasteiger partial charge in [-0.15, -0.1) is 0 Å². The highest BCUT2D eigenvalue weighted by molar-refractivity contribution is 7.92. The van der Waals surface area contributed by atoms with Crippen LogP contribution in [0.2, 0.25) is 0 Å². The predicted octanol–water partition coefficient (Wildman–Crippen LogP) is 3.86. The summed E-state index contributed by atoms with van der Waals surface area (Å²) in [5.74, 6) is 0.508. The van der Waals surface area contributed by atoms with E-state index in [2.05, 4.69) is 20.5 Å². The summed E-state index contributed by atoms with van der Waals surface area (Å²) in [5.41, 5.74) is 0.407. The number of piperidine rings is 1. The van der Waals surface area contributed by atoms with Crippen LogP contribution in [0.4, 0.5) is 17.3 Å². The van der Waals surface area contributed by atoms with Gasteiger partial charge in [-0.05, 0) is 83.9 Å². The van der Waals surface area contributed by atoms with Crippen molar-refractivity contribution < 1.29 is 18.3 Å². The van der Waals surface area contributed by atoms with Crippen LogP contribution in [0.5, 0.6) is 0 Å². The summed E-state index contributed by atoms with van der Waals surface area (Å²) >= 11 is 0. The number of nitrogens with one attached hydrogen (secondary N) is 2. The van der Waals surface area contributed by atoms with Crippen LogP contribution >= 0.6 is 0 Å². The normalized spacial score (nSPS) is 17.7. The average molecular weight is 516 g/mol. The summed E-state index contributed by atoms with van der Waals surface area (Å²) in [4.78, 5) is 24.8. The maximum Gasteiger partial charge on any atom is 0.278 e. The second-order valence-corrected chi connectivity index (χ2v) is 14.4. The Morgan fingerprint density at radius 2 is 1.78 bits per heavy atom. The second kappa shape index (κ2) is 9.30. The van der Waals surface area contributed by atoms with Gasteiger partial charge in [0.05, 0.1) is 28.0 Å². The molecule has 1 saturated carbocycles. The number of benzene rings is 1. The predicted molar refractivity (Wildman–Crippen MR) is 141 cm³/mol. The number of aliphatic hydroxyl groups is 1. The van der Waals surface area contributed by atoms with Gasteiger partial charge in [-0.3, -0.25) is 4.79 Å². The van der Waals surface area contributed by atoms with E-state index in [4.69, 9.17) is 4.98 Å². The number of hydrogen-bond acceptors (Lipinski definition) is 8. The summed E-state index contributed by atoms with van der Waals surface area (Å²) < 4.78 is 24.8. The zero-order valence-electron chi connectivity index (χ0n) is 21.8. The van der Waals surface area contributed by atoms with Crippen LogP contribution in [0, 0.1) is 5.41 Å². The minimum atomic E-state index is -3.57. The van der Waals surface area contributed by atoms with Crippen LogP contribution in [0.1, 0.15) is 70.8 Å². The number of amides is 1. The second-order valence-electron chi connectivity index (χ2n) is 11.7. The van der Waals surface area contributed by atoms with Crippen LogP contribution in [0.15, 0.2) is 35.4 Å². The zero-order valence-corrected chi connectivity index (χ0v) is 22.6. The first kappa shape index (κ1) is 26.3. The molecule has 4 rings (SSSR count). The van der Waals surface area contributed by atoms with E-state index in [-0.39, 0.29) is 17.2 Å². The van der Waals surface area contributed by atoms with Gasteiger partial charge in [0.25, 0.3) is 5.91 Å². The van der Waals surface area contributed by atoms with Crippen molar-refractivity contribution in [2.24, 2.45) is 5.41 Å². The molecule has 1 aliphatic carbocycles. The number of hydrogen-bond donors (Lipinski definition) is 3. The molecular weight excluding hydrogens is 478 g/mol. The molecule has 2 aliphatic rings. The number of anilines is 3. The van der Waals surface area contributed by atoms with E-state index in [0.29, 0.717) is 22.7 Å². The van der Waals surface area contributed by atoms with Crippen molar-refractivity contribution in [3.8, 4) is 0 Å². The molecule has 9 nitrogen and oxygen atoms in total. The van der Waals surface area contributed by atoms with Crippen LogP contribution in [0.3, 0.4) is 0 Å². The number of carbonyl (C=O) groups is 1. The zero-order chi connectivity index (χ0) is 26.4. The highest BCUT2D eigenvalue weighted by Crippen LogP contribution is 2.54. The average Bonchev–Trinajstić information content (AvgIpc) is 3.57. The first-order valence-corrected chi connectivity index (χ1v) is 13.9. The van der Waals surface area contributed by atoms with Gasteiger partial charge in [-0.2, -0.15) is 0 Å². The van der Waals surface area contributed by atoms with Crippen molar-refractivity contribution in [2.75, 3.05) is 35.2 Å². The molecule has 0 atom stereocenters. The standard InChI is InChI=1S/C26H37N5O4S/c1-24(2,3)36(34,35)19-8-6-7-18(15-19)28-23(33)21-22(31-13-11-26(9-10-26)12-14-31)29-20(16-27-21)30-25(4,5)17-32/h6-8,15-16,32H,9-14,17H2,1-5H3,(H,28,33)(H,29,30). The number of carbonyl (C=O) groups excluding carboxylic acids is 1. The Morgan fingerprint density at radius 1 is 1.11 bits per heavy atom. The van der Waals surface area contributed by atoms with Gasteiger partial charge in [-0.25, -0.2) is 18.4 Å². The van der Waals surface area contributed by atoms with Crippen molar-refractivity contribution in [3.63, 3.8) is 0 Å². The molecule has 10 heteroatoms. The van der Waals surface area contributed by atoms with Gasteiger partial charge >= 0.3 is 0 Å². The molecule has 2 aromatic rings. The fourth-order valence-electron chi connectivity index (χ4n) is 4.36. The van der Waals surface area contributed by atoms with E-state index in [0.717, 1.165) is 25.9 Å². The third-order valence-electron chi connectivity index (χ3n) is 7.12. The third kappa shape index (κ3) is 5.49. The molecule has 2 fully saturated rings. The molecule has 1 spiro atoms. The Labute approximate surface area is 213 Å². The number of aliphatic hydroxyl groups excluding tert-OH is 1. The SMILES string of the molecule is CC(C)(CO)Nc1cnc(C(=O)Nc2cccc(S(=O)(=O)C(C)(C)C)c2)c(N2CCC3(CC2)CC3)n1. The lowest BCUT2D eigenvalue weighted by molar-refractivity contribution is 0.102. The molecule has 1 aromatic carbocycles. The topological polar surface area (TPSA) is 125 Å². The number of rotatable bonds is 7. The van der Waals surface area contributed by atoms with Gasteiger partial charge in [-0.1, -0.05) is 6.07 Å². The van der Waals surface area contributed by atoms with Gasteiger partial charge in [0.1, 0.15) is 5.82 Å². The Morgan fingerprint density at radius 3 is 2.36 bits per heavy atom. The van der Waals surface area contributed by atoms with Crippen molar-refractivity contribution in [3.05, 3.63) is 36.2 Å². The van der Waals surface area contributed by atoms with E-state index in [1.165, 1.54) is 31.2 Å². The van der Waals surface area contributed by atoms with Crippen LogP contribution < -0.4 is 15.5 Å². The maximum atomic E-state index is 13.4. The van der Waals surface area contributed by atoms with Gasteiger partial charge in [0.15, 0.2) is 21.3 Å². The lowest BCUT2D eigenvalue weighted by atomic mass is 9.93. The minimum Gasteiger partial charge on any atom is -0.394 e. The van der Waals surface area contributed by atoms with Crippen molar-refractivity contribution in [1.29, 1.82) is 0 Å². The third-order valence-corrected chi connectivity index (χ3v) is 9.61. The molecule has 36 heavy (non-hydrogen) atoms. The molecule has 0 unspecified atom stereocenters. The largest absolute Gasteiger partial charge is 0.394 e. The summed E-state index contributed by atoms with van der Waals surface area (Å²) in [6.07, 6.45) is 6.13. The molecule has 1 aromatic heterocycles. The Balaban J connectivity index is 1.62. The van der Waals surface area contributed by atoms with Crippen LogP contribution in [-0.2, 0) is 9.84 Å². The minimum absolute atomic E-state index is 0.0910. The summed E-state index contributed by atoms with van der Waals surface area (Å²) in [6.45, 7) is 10.1. The fourth-order valence-corrected chi connectivity index (χ4v) is 5.61. The molecule has 3 N–H and O–H groups in total. The molecule has 0 radical (unpaired) electrons. The Hall–Kier alpha value is -2.72. The molecule has 1 saturated heterocycles. The van der Waals surface area contributed by atoms with Crippen molar-refractivity contribution in [2.45, 2.75) is 75.5 Å². The van der Waals surface area contributed by atoms with Crippen LogP contribution in [-0.4, -0.2) is 59.4 Å². The van der Waals surface area contributed by atoms with Gasteiger partial charge < -0.3 is 20.6 Å². The molecule has 1 amide bonds. The number of aromatic nitrogens is 2. The van der Waals surface area contributed by atoms with Gasteiger partial charge in [0.2, 0.25) is 0 Å². The maximum absolute atomic E-state index is 13.4. The molecular formula is C26H37N5O4S. The highest BCUT2D eigenvalue weighted by atomic mass is 32.2. The number of sulfone groups is 1. The summed E-state index contributed by atoms with van der Waals surface area (Å²) in [5, 5.41) is 15.6. The molecule has 0 bridgehead atoms. The first-order valence-electron chi connectivity index (χ1n) is 12.4. The van der Waals surface area contributed by atoms with Crippen molar-refractivity contribution in [1.82, 2.24) is 9.97 Å². The van der Waals surface area contributed by atoms with E-state index in [9.17, 15) is 18.3 Å². The first-order chi connectivity index (χ1) is 16.8. The monoisotopic (exact) mass is 515 g/mol. The highest BCUT2D eigenvalue weighted by Gasteiger charge is 2.45. The summed E-state index contributed by atoms with van der Waals surface area (Å²) in [7, 11) is -3.57. The van der Waals surface area contributed by atoms with E-state index in [1.54, 1.807) is 32.9 Å². The molecule has 2 heterocycles. The Kier molecular flexibility index (Phi) is 6.81. The van der Waals surface area contributed by atoms with Crippen molar-refractivity contribution >= 4 is 33.1 Å². The smallest absolute Gasteiger partial charge is 0.278 e. The molecule has 1 aliphatic heterocycles. The van der Waals surface area contributed by atoms with Crippen LogP contribution in [0.25, 0.3) is 0 Å². The fraction of sp³-hybridized carbons (Fsp3) is 0.577. The quantitative estimate of drug-likeness (QED) is 0.508. The number of nitrogens with zero attached hydrogens (tertiary/aromatic N) is 3. The van der Waals surface area contributed by atoms with E-state index < -0.39 is 26.0 Å². The lowest BCUT2D eigenvalue weighted by Gasteiger charge is -2.34. The lowest BCUT2D eigenvalue weighted by Crippen LogP contribution is -2.38. The summed E-state index contributed by atoms with van der Waals surface area (Å²) in [6, 6.07) is 6.28. The Bertz CT molecular complexity index is 1240. The van der Waals surface area contributed by atoms with E-state index in [1.807, 2.05) is 13.8 Å². The molecule has 196 valence electrons.